The molecule has 0 bridgehead atoms. The van der Waals surface area contributed by atoms with Gasteiger partial charge < -0.3 is 14.0 Å². The van der Waals surface area contributed by atoms with Crippen molar-refractivity contribution in [3.63, 3.8) is 0 Å². The fraction of sp³-hybridized carbons (Fsp3) is 0.273. The molecule has 4 aromatic rings. The SMILES string of the molecule is COc1cccc(Cn2c3ccc(OC)cc3c3nc4n(c(=O)c32)CCCS4)c1. The van der Waals surface area contributed by atoms with E-state index in [2.05, 4.69) is 4.57 Å². The van der Waals surface area contributed by atoms with Crippen LogP contribution in [0.4, 0.5) is 0 Å². The largest absolute Gasteiger partial charge is 0.497 e. The number of rotatable bonds is 4. The molecule has 29 heavy (non-hydrogen) atoms. The van der Waals surface area contributed by atoms with Gasteiger partial charge in [-0.3, -0.25) is 9.36 Å². The number of fused-ring (bicyclic) bond motifs is 4. The van der Waals surface area contributed by atoms with Crippen LogP contribution in [-0.2, 0) is 13.1 Å². The summed E-state index contributed by atoms with van der Waals surface area (Å²) in [6, 6.07) is 13.8. The van der Waals surface area contributed by atoms with Crippen LogP contribution in [0.5, 0.6) is 11.5 Å². The Balaban J connectivity index is 1.81. The average Bonchev–Trinajstić information content (AvgIpc) is 3.07. The van der Waals surface area contributed by atoms with E-state index in [1.54, 1.807) is 26.0 Å². The first kappa shape index (κ1) is 18.1. The highest BCUT2D eigenvalue weighted by Crippen LogP contribution is 2.32. The molecule has 0 radical (unpaired) electrons. The summed E-state index contributed by atoms with van der Waals surface area (Å²) in [5.74, 6) is 2.54. The van der Waals surface area contributed by atoms with Crippen molar-refractivity contribution in [2.45, 2.75) is 24.7 Å². The van der Waals surface area contributed by atoms with Gasteiger partial charge in [0.1, 0.15) is 22.5 Å². The van der Waals surface area contributed by atoms with Crippen molar-refractivity contribution in [1.29, 1.82) is 0 Å². The molecule has 0 fully saturated rings. The molecule has 0 saturated heterocycles. The van der Waals surface area contributed by atoms with Gasteiger partial charge in [-0.05, 0) is 42.3 Å². The number of benzene rings is 2. The minimum Gasteiger partial charge on any atom is -0.497 e. The Morgan fingerprint density at radius 2 is 1.93 bits per heavy atom. The van der Waals surface area contributed by atoms with Crippen molar-refractivity contribution in [3.05, 3.63) is 58.4 Å². The first-order chi connectivity index (χ1) is 14.2. The molecule has 2 aromatic carbocycles. The molecule has 0 atom stereocenters. The summed E-state index contributed by atoms with van der Waals surface area (Å²) in [5.41, 5.74) is 3.45. The fourth-order valence-electron chi connectivity index (χ4n) is 3.95. The fourth-order valence-corrected chi connectivity index (χ4v) is 4.90. The highest BCUT2D eigenvalue weighted by atomic mass is 32.2. The van der Waals surface area contributed by atoms with E-state index in [4.69, 9.17) is 14.5 Å². The van der Waals surface area contributed by atoms with E-state index in [-0.39, 0.29) is 5.56 Å². The molecule has 0 unspecified atom stereocenters. The summed E-state index contributed by atoms with van der Waals surface area (Å²) in [4.78, 5) is 18.4. The smallest absolute Gasteiger partial charge is 0.278 e. The molecule has 0 N–H and O–H groups in total. The van der Waals surface area contributed by atoms with Crippen LogP contribution in [0.25, 0.3) is 21.9 Å². The van der Waals surface area contributed by atoms with Crippen LogP contribution in [0.2, 0.25) is 0 Å². The molecule has 5 rings (SSSR count). The number of hydrogen-bond acceptors (Lipinski definition) is 5. The summed E-state index contributed by atoms with van der Waals surface area (Å²) in [6.07, 6.45) is 0.981. The van der Waals surface area contributed by atoms with Crippen LogP contribution in [0, 0.1) is 0 Å². The second-order valence-corrected chi connectivity index (χ2v) is 8.13. The van der Waals surface area contributed by atoms with E-state index in [0.29, 0.717) is 18.6 Å². The lowest BCUT2D eigenvalue weighted by atomic mass is 10.2. The third-order valence-electron chi connectivity index (χ3n) is 5.36. The molecule has 0 amide bonds. The second kappa shape index (κ2) is 7.15. The Morgan fingerprint density at radius 1 is 1.10 bits per heavy atom. The summed E-state index contributed by atoms with van der Waals surface area (Å²) in [7, 11) is 3.31. The van der Waals surface area contributed by atoms with E-state index >= 15 is 0 Å². The number of ether oxygens (including phenoxy) is 2. The van der Waals surface area contributed by atoms with Crippen molar-refractivity contribution < 1.29 is 9.47 Å². The van der Waals surface area contributed by atoms with E-state index in [0.717, 1.165) is 50.8 Å². The number of nitrogens with zero attached hydrogens (tertiary/aromatic N) is 3. The van der Waals surface area contributed by atoms with Gasteiger partial charge in [-0.2, -0.15) is 0 Å². The van der Waals surface area contributed by atoms with Crippen LogP contribution in [0.1, 0.15) is 12.0 Å². The van der Waals surface area contributed by atoms with Crippen LogP contribution in [0.3, 0.4) is 0 Å². The lowest BCUT2D eigenvalue weighted by Gasteiger charge is -2.17. The van der Waals surface area contributed by atoms with E-state index in [1.165, 1.54) is 0 Å². The van der Waals surface area contributed by atoms with Crippen molar-refractivity contribution >= 4 is 33.7 Å². The highest BCUT2D eigenvalue weighted by Gasteiger charge is 2.22. The Morgan fingerprint density at radius 3 is 2.76 bits per heavy atom. The van der Waals surface area contributed by atoms with Gasteiger partial charge in [0.2, 0.25) is 0 Å². The number of methoxy groups -OCH3 is 2. The summed E-state index contributed by atoms with van der Waals surface area (Å²) in [6.45, 7) is 1.28. The van der Waals surface area contributed by atoms with Gasteiger partial charge in [0.25, 0.3) is 5.56 Å². The predicted octanol–water partition coefficient (Wildman–Crippen LogP) is 3.91. The third-order valence-corrected chi connectivity index (χ3v) is 6.42. The van der Waals surface area contributed by atoms with E-state index in [9.17, 15) is 4.79 Å². The highest BCUT2D eigenvalue weighted by molar-refractivity contribution is 7.99. The van der Waals surface area contributed by atoms with Crippen LogP contribution in [-0.4, -0.2) is 34.1 Å². The summed E-state index contributed by atoms with van der Waals surface area (Å²) >= 11 is 1.65. The first-order valence-corrected chi connectivity index (χ1v) is 10.5. The number of hydrogen-bond donors (Lipinski definition) is 0. The van der Waals surface area contributed by atoms with Crippen molar-refractivity contribution in [1.82, 2.24) is 14.1 Å². The molecule has 2 aromatic heterocycles. The van der Waals surface area contributed by atoms with Gasteiger partial charge in [-0.15, -0.1) is 0 Å². The number of thioether (sulfide) groups is 1. The normalized spacial score (nSPS) is 13.6. The molecular weight excluding hydrogens is 386 g/mol. The molecule has 0 spiro atoms. The lowest BCUT2D eigenvalue weighted by Crippen LogP contribution is -2.27. The molecule has 1 aliphatic rings. The molecular formula is C22H21N3O3S. The zero-order valence-electron chi connectivity index (χ0n) is 16.3. The maximum atomic E-state index is 13.5. The Bertz CT molecular complexity index is 1290. The Kier molecular flexibility index (Phi) is 4.47. The van der Waals surface area contributed by atoms with Crippen LogP contribution < -0.4 is 15.0 Å². The van der Waals surface area contributed by atoms with Gasteiger partial charge in [-0.25, -0.2) is 4.98 Å². The van der Waals surface area contributed by atoms with Crippen molar-refractivity contribution in [2.75, 3.05) is 20.0 Å². The molecule has 6 nitrogen and oxygen atoms in total. The third kappa shape index (κ3) is 2.97. The Labute approximate surface area is 172 Å². The number of aromatic nitrogens is 3. The average molecular weight is 407 g/mol. The zero-order chi connectivity index (χ0) is 20.0. The van der Waals surface area contributed by atoms with Gasteiger partial charge in [0.05, 0.1) is 19.7 Å². The molecule has 1 aliphatic heterocycles. The predicted molar refractivity (Wildman–Crippen MR) is 115 cm³/mol. The second-order valence-electron chi connectivity index (χ2n) is 7.07. The van der Waals surface area contributed by atoms with Gasteiger partial charge in [0.15, 0.2) is 5.16 Å². The molecule has 0 saturated carbocycles. The minimum atomic E-state index is 0.0234. The lowest BCUT2D eigenvalue weighted by molar-refractivity contribution is 0.414. The Hall–Kier alpha value is -2.93. The standard InChI is InChI=1S/C22H21N3O3S/c1-27-15-6-3-5-14(11-15)13-25-18-8-7-16(28-2)12-17(18)19-20(25)21(26)24-9-4-10-29-22(24)23-19/h3,5-8,11-12H,4,9-10,13H2,1-2H3. The van der Waals surface area contributed by atoms with Crippen LogP contribution >= 0.6 is 11.8 Å². The molecule has 3 heterocycles. The summed E-state index contributed by atoms with van der Waals surface area (Å²) < 4.78 is 14.7. The van der Waals surface area contributed by atoms with Crippen molar-refractivity contribution in [2.24, 2.45) is 0 Å². The van der Waals surface area contributed by atoms with Crippen LogP contribution in [0.15, 0.2) is 52.4 Å². The van der Waals surface area contributed by atoms with Gasteiger partial charge >= 0.3 is 0 Å². The minimum absolute atomic E-state index is 0.0234. The summed E-state index contributed by atoms with van der Waals surface area (Å²) in [5, 5.41) is 1.74. The molecule has 148 valence electrons. The zero-order valence-corrected chi connectivity index (χ0v) is 17.2. The quantitative estimate of drug-likeness (QED) is 0.480. The monoisotopic (exact) mass is 407 g/mol. The van der Waals surface area contributed by atoms with Gasteiger partial charge in [0, 0.05) is 24.2 Å². The van der Waals surface area contributed by atoms with E-state index in [1.807, 2.05) is 47.0 Å². The maximum Gasteiger partial charge on any atom is 0.278 e. The van der Waals surface area contributed by atoms with E-state index < -0.39 is 0 Å². The molecule has 0 aliphatic carbocycles. The first-order valence-electron chi connectivity index (χ1n) is 9.56. The van der Waals surface area contributed by atoms with Crippen molar-refractivity contribution in [3.8, 4) is 11.5 Å². The maximum absolute atomic E-state index is 13.5. The van der Waals surface area contributed by atoms with Gasteiger partial charge in [-0.1, -0.05) is 23.9 Å². The topological polar surface area (TPSA) is 58.3 Å². The molecule has 7 heteroatoms.